The van der Waals surface area contributed by atoms with Crippen LogP contribution < -0.4 is 4.74 Å². The summed E-state index contributed by atoms with van der Waals surface area (Å²) in [5.74, 6) is 1.54. The Labute approximate surface area is 111 Å². The van der Waals surface area contributed by atoms with Gasteiger partial charge >= 0.3 is 0 Å². The van der Waals surface area contributed by atoms with E-state index in [2.05, 4.69) is 28.9 Å². The van der Waals surface area contributed by atoms with Crippen LogP contribution in [0.3, 0.4) is 0 Å². The highest BCUT2D eigenvalue weighted by Gasteiger charge is 2.30. The zero-order valence-corrected chi connectivity index (χ0v) is 11.5. The van der Waals surface area contributed by atoms with E-state index in [0.717, 1.165) is 29.5 Å². The fourth-order valence-corrected chi connectivity index (χ4v) is 2.56. The van der Waals surface area contributed by atoms with Gasteiger partial charge in [-0.25, -0.2) is 0 Å². The molecule has 1 saturated carbocycles. The molecule has 3 atom stereocenters. The summed E-state index contributed by atoms with van der Waals surface area (Å²) in [6.07, 6.45) is 3.12. The number of hydrogen-bond acceptors (Lipinski definition) is 2. The molecule has 0 radical (unpaired) electrons. The Morgan fingerprint density at radius 3 is 2.65 bits per heavy atom. The minimum absolute atomic E-state index is 0.0369. The molecule has 0 saturated heterocycles. The third-order valence-corrected chi connectivity index (χ3v) is 3.85. The van der Waals surface area contributed by atoms with E-state index in [9.17, 15) is 0 Å². The van der Waals surface area contributed by atoms with E-state index < -0.39 is 0 Å². The van der Waals surface area contributed by atoms with Gasteiger partial charge in [0, 0.05) is 4.47 Å². The first-order valence-electron chi connectivity index (χ1n) is 6.01. The smallest absolute Gasteiger partial charge is 0.119 e. The average Bonchev–Trinajstić information content (AvgIpc) is 2.32. The number of halogens is 1. The molecule has 1 aromatic rings. The Morgan fingerprint density at radius 2 is 2.00 bits per heavy atom. The van der Waals surface area contributed by atoms with Crippen molar-refractivity contribution in [2.75, 3.05) is 0 Å². The zero-order valence-electron chi connectivity index (χ0n) is 9.90. The normalized spacial score (nSPS) is 28.4. The summed E-state index contributed by atoms with van der Waals surface area (Å²) in [4.78, 5) is 0. The number of rotatable bonds is 2. The van der Waals surface area contributed by atoms with E-state index in [0.29, 0.717) is 5.92 Å². The van der Waals surface area contributed by atoms with Gasteiger partial charge in [-0.15, -0.1) is 0 Å². The Morgan fingerprint density at radius 1 is 1.29 bits per heavy atom. The molecule has 1 aliphatic carbocycles. The molecule has 17 heavy (non-hydrogen) atoms. The van der Waals surface area contributed by atoms with E-state index in [4.69, 9.17) is 10.00 Å². The van der Waals surface area contributed by atoms with Gasteiger partial charge in [0.15, 0.2) is 0 Å². The SMILES string of the molecule is CC1CCC(C#N)C(Oc2ccc(Br)cc2)C1. The van der Waals surface area contributed by atoms with Crippen LogP contribution in [0.2, 0.25) is 0 Å². The standard InChI is InChI=1S/C14H16BrNO/c1-10-2-3-11(9-16)14(8-10)17-13-6-4-12(15)5-7-13/h4-7,10-11,14H,2-3,8H2,1H3. The summed E-state index contributed by atoms with van der Waals surface area (Å²) in [6, 6.07) is 10.2. The predicted octanol–water partition coefficient (Wildman–Crippen LogP) is 4.16. The van der Waals surface area contributed by atoms with Crippen LogP contribution in [-0.2, 0) is 0 Å². The number of hydrogen-bond donors (Lipinski definition) is 0. The van der Waals surface area contributed by atoms with Gasteiger partial charge in [0.1, 0.15) is 11.9 Å². The lowest BCUT2D eigenvalue weighted by atomic mass is 9.81. The Bertz CT molecular complexity index is 409. The highest BCUT2D eigenvalue weighted by atomic mass is 79.9. The molecular weight excluding hydrogens is 278 g/mol. The highest BCUT2D eigenvalue weighted by Crippen LogP contribution is 2.31. The Hall–Kier alpha value is -1.01. The number of nitrogens with zero attached hydrogens (tertiary/aromatic N) is 1. The third kappa shape index (κ3) is 3.23. The minimum atomic E-state index is 0.0369. The summed E-state index contributed by atoms with van der Waals surface area (Å²) in [5.41, 5.74) is 0. The van der Waals surface area contributed by atoms with Crippen LogP contribution in [0.5, 0.6) is 5.75 Å². The second kappa shape index (κ2) is 5.55. The van der Waals surface area contributed by atoms with E-state index in [1.165, 1.54) is 0 Å². The first-order valence-corrected chi connectivity index (χ1v) is 6.80. The largest absolute Gasteiger partial charge is 0.489 e. The molecule has 1 aromatic carbocycles. The summed E-state index contributed by atoms with van der Waals surface area (Å²) in [6.45, 7) is 2.23. The molecule has 0 amide bonds. The van der Waals surface area contributed by atoms with Crippen molar-refractivity contribution in [1.82, 2.24) is 0 Å². The van der Waals surface area contributed by atoms with Crippen molar-refractivity contribution in [1.29, 1.82) is 5.26 Å². The molecular formula is C14H16BrNO. The number of ether oxygens (including phenoxy) is 1. The molecule has 90 valence electrons. The quantitative estimate of drug-likeness (QED) is 0.820. The van der Waals surface area contributed by atoms with E-state index in [-0.39, 0.29) is 12.0 Å². The number of nitriles is 1. The molecule has 0 aliphatic heterocycles. The van der Waals surface area contributed by atoms with Crippen molar-refractivity contribution in [2.45, 2.75) is 32.3 Å². The van der Waals surface area contributed by atoms with Crippen molar-refractivity contribution >= 4 is 15.9 Å². The van der Waals surface area contributed by atoms with Crippen molar-refractivity contribution in [3.8, 4) is 11.8 Å². The van der Waals surface area contributed by atoms with Crippen molar-refractivity contribution < 1.29 is 4.74 Å². The van der Waals surface area contributed by atoms with Crippen LogP contribution in [0, 0.1) is 23.2 Å². The summed E-state index contributed by atoms with van der Waals surface area (Å²) < 4.78 is 6.98. The van der Waals surface area contributed by atoms with Crippen molar-refractivity contribution in [3.05, 3.63) is 28.7 Å². The summed E-state index contributed by atoms with van der Waals surface area (Å²) in [7, 11) is 0. The maximum absolute atomic E-state index is 9.13. The van der Waals surface area contributed by atoms with Crippen LogP contribution >= 0.6 is 15.9 Å². The molecule has 0 heterocycles. The summed E-state index contributed by atoms with van der Waals surface area (Å²) >= 11 is 3.40. The van der Waals surface area contributed by atoms with Gasteiger partial charge in [-0.05, 0) is 49.4 Å². The van der Waals surface area contributed by atoms with Gasteiger partial charge in [0.05, 0.1) is 12.0 Å². The maximum Gasteiger partial charge on any atom is 0.119 e. The fourth-order valence-electron chi connectivity index (χ4n) is 2.29. The van der Waals surface area contributed by atoms with E-state index in [1.54, 1.807) is 0 Å². The van der Waals surface area contributed by atoms with Gasteiger partial charge in [0.2, 0.25) is 0 Å². The molecule has 1 aliphatic rings. The van der Waals surface area contributed by atoms with Crippen LogP contribution in [-0.4, -0.2) is 6.10 Å². The molecule has 3 unspecified atom stereocenters. The average molecular weight is 294 g/mol. The first kappa shape index (κ1) is 12.4. The Balaban J connectivity index is 2.05. The second-order valence-corrected chi connectivity index (χ2v) is 5.68. The molecule has 2 nitrogen and oxygen atoms in total. The third-order valence-electron chi connectivity index (χ3n) is 3.32. The maximum atomic E-state index is 9.13. The van der Waals surface area contributed by atoms with Gasteiger partial charge < -0.3 is 4.74 Å². The van der Waals surface area contributed by atoms with Crippen LogP contribution in [0.25, 0.3) is 0 Å². The molecule has 0 N–H and O–H groups in total. The molecule has 0 aromatic heterocycles. The summed E-state index contributed by atoms with van der Waals surface area (Å²) in [5, 5.41) is 9.13. The van der Waals surface area contributed by atoms with Gasteiger partial charge in [0.25, 0.3) is 0 Å². The lowest BCUT2D eigenvalue weighted by Gasteiger charge is -2.31. The zero-order chi connectivity index (χ0) is 12.3. The predicted molar refractivity (Wildman–Crippen MR) is 70.7 cm³/mol. The molecule has 0 bridgehead atoms. The van der Waals surface area contributed by atoms with E-state index in [1.807, 2.05) is 24.3 Å². The molecule has 0 spiro atoms. The molecule has 1 fully saturated rings. The lowest BCUT2D eigenvalue weighted by Crippen LogP contribution is -2.32. The molecule has 2 rings (SSSR count). The van der Waals surface area contributed by atoms with Crippen LogP contribution in [0.1, 0.15) is 26.2 Å². The van der Waals surface area contributed by atoms with Crippen molar-refractivity contribution in [2.24, 2.45) is 11.8 Å². The second-order valence-electron chi connectivity index (χ2n) is 4.76. The first-order chi connectivity index (χ1) is 8.19. The van der Waals surface area contributed by atoms with Crippen LogP contribution in [0.15, 0.2) is 28.7 Å². The minimum Gasteiger partial charge on any atom is -0.489 e. The number of benzene rings is 1. The van der Waals surface area contributed by atoms with Gasteiger partial charge in [-0.3, -0.25) is 0 Å². The monoisotopic (exact) mass is 293 g/mol. The van der Waals surface area contributed by atoms with E-state index >= 15 is 0 Å². The Kier molecular flexibility index (Phi) is 4.06. The lowest BCUT2D eigenvalue weighted by molar-refractivity contribution is 0.0956. The van der Waals surface area contributed by atoms with Crippen LogP contribution in [0.4, 0.5) is 0 Å². The topological polar surface area (TPSA) is 33.0 Å². The highest BCUT2D eigenvalue weighted by molar-refractivity contribution is 9.10. The molecule has 3 heteroatoms. The van der Waals surface area contributed by atoms with Gasteiger partial charge in [-0.1, -0.05) is 22.9 Å². The van der Waals surface area contributed by atoms with Gasteiger partial charge in [-0.2, -0.15) is 5.26 Å². The fraction of sp³-hybridized carbons (Fsp3) is 0.500. The van der Waals surface area contributed by atoms with Crippen molar-refractivity contribution in [3.63, 3.8) is 0 Å².